The van der Waals surface area contributed by atoms with Gasteiger partial charge in [-0.2, -0.15) is 0 Å². The number of rotatable bonds is 6. The lowest BCUT2D eigenvalue weighted by molar-refractivity contribution is 0.465. The topological polar surface area (TPSA) is 100 Å². The molecule has 0 radical (unpaired) electrons. The van der Waals surface area contributed by atoms with Crippen LogP contribution in [0, 0.1) is 6.92 Å². The molecule has 0 spiro atoms. The summed E-state index contributed by atoms with van der Waals surface area (Å²) in [5.74, 6) is 1.51. The van der Waals surface area contributed by atoms with Crippen LogP contribution in [0.5, 0.6) is 0 Å². The van der Waals surface area contributed by atoms with E-state index < -0.39 is 16.1 Å². The van der Waals surface area contributed by atoms with Crippen molar-refractivity contribution in [3.63, 3.8) is 0 Å². The van der Waals surface area contributed by atoms with Gasteiger partial charge in [0, 0.05) is 18.5 Å². The molecule has 0 fully saturated rings. The van der Waals surface area contributed by atoms with Gasteiger partial charge >= 0.3 is 0 Å². The lowest BCUT2D eigenvalue weighted by atomic mass is 10.3. The van der Waals surface area contributed by atoms with Crippen LogP contribution in [0.1, 0.15) is 30.3 Å². The van der Waals surface area contributed by atoms with Gasteiger partial charge in [-0.15, -0.1) is 0 Å². The molecule has 2 aromatic heterocycles. The van der Waals surface area contributed by atoms with Gasteiger partial charge in [-0.25, -0.2) is 18.1 Å². The largest absolute Gasteiger partial charge is 0.464 e. The second-order valence-electron chi connectivity index (χ2n) is 4.48. The average molecular weight is 298 g/mol. The van der Waals surface area contributed by atoms with Gasteiger partial charge in [-0.3, -0.25) is 0 Å². The fraction of sp³-hybridized carbons (Fsp3) is 0.417. The van der Waals surface area contributed by atoms with Crippen molar-refractivity contribution in [2.75, 3.05) is 7.05 Å². The zero-order valence-corrected chi connectivity index (χ0v) is 12.4. The summed E-state index contributed by atoms with van der Waals surface area (Å²) in [7, 11) is -1.88. The standard InChI is InChI=1S/C12H18N4O3S/c1-8(12-14-4-5-15-12)16-20(17,18)11-6-10(7-13-3)19-9(11)2/h4-6,8,13,16H,7H2,1-3H3,(H,14,15). The van der Waals surface area contributed by atoms with Crippen LogP contribution in [0.2, 0.25) is 0 Å². The summed E-state index contributed by atoms with van der Waals surface area (Å²) in [4.78, 5) is 7.07. The maximum Gasteiger partial charge on any atom is 0.244 e. The molecule has 0 saturated carbocycles. The number of hydrogen-bond donors (Lipinski definition) is 3. The number of H-pyrrole nitrogens is 1. The molecule has 20 heavy (non-hydrogen) atoms. The normalized spacial score (nSPS) is 13.6. The fourth-order valence-electron chi connectivity index (χ4n) is 1.92. The third-order valence-electron chi connectivity index (χ3n) is 2.83. The second kappa shape index (κ2) is 5.78. The summed E-state index contributed by atoms with van der Waals surface area (Å²) in [5, 5.41) is 2.92. The van der Waals surface area contributed by atoms with E-state index in [4.69, 9.17) is 4.42 Å². The Labute approximate surface area is 117 Å². The number of aromatic amines is 1. The van der Waals surface area contributed by atoms with Gasteiger partial charge in [-0.05, 0) is 20.9 Å². The zero-order chi connectivity index (χ0) is 14.8. The van der Waals surface area contributed by atoms with E-state index in [1.54, 1.807) is 33.3 Å². The lowest BCUT2D eigenvalue weighted by Crippen LogP contribution is -2.27. The molecule has 3 N–H and O–H groups in total. The average Bonchev–Trinajstić information content (AvgIpc) is 2.98. The van der Waals surface area contributed by atoms with Crippen molar-refractivity contribution in [1.29, 1.82) is 0 Å². The third kappa shape index (κ3) is 3.09. The summed E-state index contributed by atoms with van der Waals surface area (Å²) in [6, 6.07) is 1.08. The number of sulfonamides is 1. The van der Waals surface area contributed by atoms with E-state index in [-0.39, 0.29) is 4.90 Å². The first-order valence-corrected chi connectivity index (χ1v) is 7.68. The van der Waals surface area contributed by atoms with Crippen molar-refractivity contribution < 1.29 is 12.8 Å². The molecule has 0 amide bonds. The van der Waals surface area contributed by atoms with Crippen molar-refractivity contribution in [2.24, 2.45) is 0 Å². The summed E-state index contributed by atoms with van der Waals surface area (Å²) in [6.07, 6.45) is 3.22. The maximum atomic E-state index is 12.3. The van der Waals surface area contributed by atoms with E-state index in [1.165, 1.54) is 6.07 Å². The smallest absolute Gasteiger partial charge is 0.244 e. The molecule has 0 bridgehead atoms. The highest BCUT2D eigenvalue weighted by atomic mass is 32.2. The number of furan rings is 1. The Morgan fingerprint density at radius 1 is 1.50 bits per heavy atom. The van der Waals surface area contributed by atoms with Crippen LogP contribution in [0.3, 0.4) is 0 Å². The van der Waals surface area contributed by atoms with Gasteiger partial charge in [0.05, 0.1) is 12.6 Å². The number of nitrogens with one attached hydrogen (secondary N) is 3. The van der Waals surface area contributed by atoms with Gasteiger partial charge in [-0.1, -0.05) is 0 Å². The molecule has 7 nitrogen and oxygen atoms in total. The van der Waals surface area contributed by atoms with E-state index in [0.717, 1.165) is 0 Å². The monoisotopic (exact) mass is 298 g/mol. The van der Waals surface area contributed by atoms with E-state index in [0.29, 0.717) is 23.9 Å². The number of aryl methyl sites for hydroxylation is 1. The first-order chi connectivity index (χ1) is 9.44. The Morgan fingerprint density at radius 2 is 2.25 bits per heavy atom. The third-order valence-corrected chi connectivity index (χ3v) is 4.47. The van der Waals surface area contributed by atoms with Crippen LogP contribution in [-0.2, 0) is 16.6 Å². The van der Waals surface area contributed by atoms with Gasteiger partial charge < -0.3 is 14.7 Å². The number of imidazole rings is 1. The summed E-state index contributed by atoms with van der Waals surface area (Å²) < 4.78 is 32.7. The van der Waals surface area contributed by atoms with Crippen LogP contribution >= 0.6 is 0 Å². The molecule has 0 aliphatic heterocycles. The van der Waals surface area contributed by atoms with E-state index >= 15 is 0 Å². The molecule has 0 aromatic carbocycles. The molecular weight excluding hydrogens is 280 g/mol. The van der Waals surface area contributed by atoms with E-state index in [2.05, 4.69) is 20.0 Å². The number of hydrogen-bond acceptors (Lipinski definition) is 5. The van der Waals surface area contributed by atoms with Crippen LogP contribution in [0.15, 0.2) is 27.8 Å². The van der Waals surface area contributed by atoms with Crippen molar-refractivity contribution in [1.82, 2.24) is 20.0 Å². The molecule has 2 aromatic rings. The minimum Gasteiger partial charge on any atom is -0.464 e. The van der Waals surface area contributed by atoms with Gasteiger partial charge in [0.1, 0.15) is 22.2 Å². The molecule has 8 heteroatoms. The van der Waals surface area contributed by atoms with Crippen LogP contribution in [0.4, 0.5) is 0 Å². The summed E-state index contributed by atoms with van der Waals surface area (Å²) in [6.45, 7) is 3.83. The summed E-state index contributed by atoms with van der Waals surface area (Å²) >= 11 is 0. The minimum atomic E-state index is -3.65. The zero-order valence-electron chi connectivity index (χ0n) is 11.6. The predicted molar refractivity (Wildman–Crippen MR) is 73.5 cm³/mol. The maximum absolute atomic E-state index is 12.3. The highest BCUT2D eigenvalue weighted by Gasteiger charge is 2.24. The molecule has 2 heterocycles. The fourth-order valence-corrected chi connectivity index (χ4v) is 3.33. The van der Waals surface area contributed by atoms with E-state index in [1.807, 2.05) is 0 Å². The van der Waals surface area contributed by atoms with Crippen molar-refractivity contribution in [3.05, 3.63) is 35.8 Å². The quantitative estimate of drug-likeness (QED) is 0.740. The van der Waals surface area contributed by atoms with Crippen molar-refractivity contribution in [2.45, 2.75) is 31.3 Å². The van der Waals surface area contributed by atoms with Crippen LogP contribution in [-0.4, -0.2) is 25.4 Å². The van der Waals surface area contributed by atoms with E-state index in [9.17, 15) is 8.42 Å². The molecule has 1 atom stereocenters. The molecule has 110 valence electrons. The Bertz CT molecular complexity index is 661. The Balaban J connectivity index is 2.22. The van der Waals surface area contributed by atoms with Crippen molar-refractivity contribution >= 4 is 10.0 Å². The van der Waals surface area contributed by atoms with Crippen molar-refractivity contribution in [3.8, 4) is 0 Å². The SMILES string of the molecule is CNCc1cc(S(=O)(=O)NC(C)c2ncc[nH]2)c(C)o1. The van der Waals surface area contributed by atoms with Gasteiger partial charge in [0.2, 0.25) is 10.0 Å². The molecule has 0 aliphatic rings. The molecule has 2 rings (SSSR count). The Hall–Kier alpha value is -1.64. The highest BCUT2D eigenvalue weighted by molar-refractivity contribution is 7.89. The molecule has 0 aliphatic carbocycles. The molecule has 0 saturated heterocycles. The highest BCUT2D eigenvalue weighted by Crippen LogP contribution is 2.21. The van der Waals surface area contributed by atoms with Crippen LogP contribution < -0.4 is 10.0 Å². The lowest BCUT2D eigenvalue weighted by Gasteiger charge is -2.11. The predicted octanol–water partition coefficient (Wildman–Crippen LogP) is 1.07. The molecular formula is C12H18N4O3S. The number of aromatic nitrogens is 2. The first-order valence-electron chi connectivity index (χ1n) is 6.19. The molecule has 1 unspecified atom stereocenters. The first kappa shape index (κ1) is 14.8. The van der Waals surface area contributed by atoms with Gasteiger partial charge in [0.15, 0.2) is 0 Å². The van der Waals surface area contributed by atoms with Gasteiger partial charge in [0.25, 0.3) is 0 Å². The minimum absolute atomic E-state index is 0.154. The Kier molecular flexibility index (Phi) is 4.26. The summed E-state index contributed by atoms with van der Waals surface area (Å²) in [5.41, 5.74) is 0. The number of nitrogens with zero attached hydrogens (tertiary/aromatic N) is 1. The Morgan fingerprint density at radius 3 is 2.85 bits per heavy atom. The second-order valence-corrected chi connectivity index (χ2v) is 6.16. The van der Waals surface area contributed by atoms with Crippen LogP contribution in [0.25, 0.3) is 0 Å².